The van der Waals surface area contributed by atoms with Gasteiger partial charge in [0.25, 0.3) is 0 Å². The number of nitrogens with zero attached hydrogens (tertiary/aromatic N) is 2. The standard InChI is InChI=1S/C18H18FN3/c19-14-4-5-17-13(11-14)12-18(16-3-1-2-8-21-16)22(17)15-6-9-20-10-7-15/h1-5,8,11-12,15,20H,6-7,9-10H2. The molecule has 0 aliphatic carbocycles. The lowest BCUT2D eigenvalue weighted by molar-refractivity contribution is 0.378. The number of fused-ring (bicyclic) bond motifs is 1. The molecule has 22 heavy (non-hydrogen) atoms. The number of pyridine rings is 1. The molecule has 1 fully saturated rings. The smallest absolute Gasteiger partial charge is 0.123 e. The van der Waals surface area contributed by atoms with Crippen LogP contribution in [0.15, 0.2) is 48.7 Å². The van der Waals surface area contributed by atoms with Gasteiger partial charge in [0.1, 0.15) is 5.82 Å². The zero-order valence-corrected chi connectivity index (χ0v) is 12.3. The fourth-order valence-corrected chi connectivity index (χ4v) is 3.38. The first-order chi connectivity index (χ1) is 10.8. The molecule has 0 amide bonds. The minimum atomic E-state index is -0.192. The molecule has 0 unspecified atom stereocenters. The Morgan fingerprint density at radius 2 is 1.95 bits per heavy atom. The summed E-state index contributed by atoms with van der Waals surface area (Å²) in [6, 6.07) is 13.5. The van der Waals surface area contributed by atoms with Crippen molar-refractivity contribution in [3.63, 3.8) is 0 Å². The van der Waals surface area contributed by atoms with Gasteiger partial charge in [-0.3, -0.25) is 4.98 Å². The van der Waals surface area contributed by atoms with Crippen molar-refractivity contribution >= 4 is 10.9 Å². The summed E-state index contributed by atoms with van der Waals surface area (Å²) >= 11 is 0. The molecular weight excluding hydrogens is 277 g/mol. The minimum Gasteiger partial charge on any atom is -0.336 e. The Morgan fingerprint density at radius 1 is 1.09 bits per heavy atom. The predicted octanol–water partition coefficient (Wildman–Crippen LogP) is 3.77. The number of halogens is 1. The maximum absolute atomic E-state index is 13.6. The lowest BCUT2D eigenvalue weighted by atomic mass is 10.1. The van der Waals surface area contributed by atoms with Gasteiger partial charge in [-0.05, 0) is 62.3 Å². The van der Waals surface area contributed by atoms with Crippen LogP contribution in [-0.4, -0.2) is 22.6 Å². The van der Waals surface area contributed by atoms with Crippen LogP contribution in [0.4, 0.5) is 4.39 Å². The Morgan fingerprint density at radius 3 is 2.73 bits per heavy atom. The van der Waals surface area contributed by atoms with Gasteiger partial charge in [-0.1, -0.05) is 6.07 Å². The lowest BCUT2D eigenvalue weighted by Gasteiger charge is -2.27. The van der Waals surface area contributed by atoms with Crippen LogP contribution in [0.25, 0.3) is 22.3 Å². The average molecular weight is 295 g/mol. The molecule has 3 heterocycles. The van der Waals surface area contributed by atoms with Gasteiger partial charge in [0.2, 0.25) is 0 Å². The van der Waals surface area contributed by atoms with Crippen molar-refractivity contribution in [3.8, 4) is 11.4 Å². The van der Waals surface area contributed by atoms with Crippen LogP contribution >= 0.6 is 0 Å². The predicted molar refractivity (Wildman–Crippen MR) is 86.3 cm³/mol. The molecule has 3 aromatic rings. The van der Waals surface area contributed by atoms with Gasteiger partial charge in [-0.15, -0.1) is 0 Å². The first-order valence-electron chi connectivity index (χ1n) is 7.75. The van der Waals surface area contributed by atoms with Gasteiger partial charge in [-0.2, -0.15) is 0 Å². The number of aromatic nitrogens is 2. The largest absolute Gasteiger partial charge is 0.336 e. The summed E-state index contributed by atoms with van der Waals surface area (Å²) in [4.78, 5) is 4.49. The Kier molecular flexibility index (Phi) is 3.39. The van der Waals surface area contributed by atoms with Gasteiger partial charge in [0, 0.05) is 23.1 Å². The Labute approximate surface area is 128 Å². The second-order valence-corrected chi connectivity index (χ2v) is 5.80. The molecule has 4 heteroatoms. The van der Waals surface area contributed by atoms with E-state index >= 15 is 0 Å². The summed E-state index contributed by atoms with van der Waals surface area (Å²) in [5.74, 6) is -0.192. The van der Waals surface area contributed by atoms with Crippen LogP contribution in [0.1, 0.15) is 18.9 Å². The van der Waals surface area contributed by atoms with E-state index in [-0.39, 0.29) is 5.82 Å². The van der Waals surface area contributed by atoms with E-state index in [0.717, 1.165) is 48.2 Å². The molecule has 0 spiro atoms. The third kappa shape index (κ3) is 2.29. The van der Waals surface area contributed by atoms with E-state index in [1.54, 1.807) is 18.3 Å². The van der Waals surface area contributed by atoms with Gasteiger partial charge < -0.3 is 9.88 Å². The number of hydrogen-bond acceptors (Lipinski definition) is 2. The summed E-state index contributed by atoms with van der Waals surface area (Å²) < 4.78 is 15.9. The first kappa shape index (κ1) is 13.5. The number of benzene rings is 1. The molecule has 0 atom stereocenters. The molecule has 0 radical (unpaired) electrons. The molecule has 1 aliphatic rings. The highest BCUT2D eigenvalue weighted by Gasteiger charge is 2.21. The van der Waals surface area contributed by atoms with Crippen LogP contribution < -0.4 is 5.32 Å². The molecule has 1 aliphatic heterocycles. The van der Waals surface area contributed by atoms with Crippen molar-refractivity contribution < 1.29 is 4.39 Å². The van der Waals surface area contributed by atoms with Crippen LogP contribution in [-0.2, 0) is 0 Å². The minimum absolute atomic E-state index is 0.192. The molecule has 112 valence electrons. The maximum Gasteiger partial charge on any atom is 0.123 e. The van der Waals surface area contributed by atoms with Crippen molar-refractivity contribution in [2.75, 3.05) is 13.1 Å². The lowest BCUT2D eigenvalue weighted by Crippen LogP contribution is -2.29. The topological polar surface area (TPSA) is 29.9 Å². The van der Waals surface area contributed by atoms with E-state index in [4.69, 9.17) is 0 Å². The summed E-state index contributed by atoms with van der Waals surface area (Å²) in [6.07, 6.45) is 3.97. The third-order valence-corrected chi connectivity index (χ3v) is 4.40. The third-order valence-electron chi connectivity index (χ3n) is 4.40. The average Bonchev–Trinajstić information content (AvgIpc) is 2.95. The number of nitrogens with one attached hydrogen (secondary N) is 1. The zero-order valence-electron chi connectivity index (χ0n) is 12.3. The van der Waals surface area contributed by atoms with E-state index in [1.807, 2.05) is 24.3 Å². The number of piperidine rings is 1. The Bertz CT molecular complexity index is 789. The second-order valence-electron chi connectivity index (χ2n) is 5.80. The molecule has 1 saturated heterocycles. The number of hydrogen-bond donors (Lipinski definition) is 1. The van der Waals surface area contributed by atoms with Gasteiger partial charge >= 0.3 is 0 Å². The molecule has 0 bridgehead atoms. The quantitative estimate of drug-likeness (QED) is 0.780. The highest BCUT2D eigenvalue weighted by molar-refractivity contribution is 5.86. The van der Waals surface area contributed by atoms with Crippen LogP contribution in [0, 0.1) is 5.82 Å². The SMILES string of the molecule is Fc1ccc2c(c1)cc(-c1ccccn1)n2C1CCNCC1. The fourth-order valence-electron chi connectivity index (χ4n) is 3.38. The van der Waals surface area contributed by atoms with Crippen LogP contribution in [0.2, 0.25) is 0 Å². The Hall–Kier alpha value is -2.20. The van der Waals surface area contributed by atoms with E-state index in [2.05, 4.69) is 20.9 Å². The van der Waals surface area contributed by atoms with E-state index < -0.39 is 0 Å². The summed E-state index contributed by atoms with van der Waals surface area (Å²) in [5.41, 5.74) is 3.11. The van der Waals surface area contributed by atoms with Crippen molar-refractivity contribution in [2.45, 2.75) is 18.9 Å². The van der Waals surface area contributed by atoms with Crippen molar-refractivity contribution in [1.29, 1.82) is 0 Å². The van der Waals surface area contributed by atoms with Crippen molar-refractivity contribution in [1.82, 2.24) is 14.9 Å². The summed E-state index contributed by atoms with van der Waals surface area (Å²) in [7, 11) is 0. The van der Waals surface area contributed by atoms with E-state index in [9.17, 15) is 4.39 Å². The molecular formula is C18H18FN3. The maximum atomic E-state index is 13.6. The van der Waals surface area contributed by atoms with Crippen LogP contribution in [0.3, 0.4) is 0 Å². The van der Waals surface area contributed by atoms with E-state index in [1.165, 1.54) is 0 Å². The van der Waals surface area contributed by atoms with E-state index in [0.29, 0.717) is 6.04 Å². The summed E-state index contributed by atoms with van der Waals surface area (Å²) in [5, 5.41) is 4.35. The van der Waals surface area contributed by atoms with Gasteiger partial charge in [0.15, 0.2) is 0 Å². The number of rotatable bonds is 2. The second kappa shape index (κ2) is 5.54. The highest BCUT2D eigenvalue weighted by Crippen LogP contribution is 2.34. The normalized spacial score (nSPS) is 16.2. The Balaban J connectivity index is 1.93. The molecule has 3 nitrogen and oxygen atoms in total. The van der Waals surface area contributed by atoms with Gasteiger partial charge in [-0.25, -0.2) is 4.39 Å². The first-order valence-corrected chi connectivity index (χ1v) is 7.75. The van der Waals surface area contributed by atoms with Crippen molar-refractivity contribution in [3.05, 3.63) is 54.5 Å². The molecule has 0 saturated carbocycles. The van der Waals surface area contributed by atoms with Crippen LogP contribution in [0.5, 0.6) is 0 Å². The zero-order chi connectivity index (χ0) is 14.9. The highest BCUT2D eigenvalue weighted by atomic mass is 19.1. The van der Waals surface area contributed by atoms with Gasteiger partial charge in [0.05, 0.1) is 11.4 Å². The fraction of sp³-hybridized carbons (Fsp3) is 0.278. The summed E-state index contributed by atoms with van der Waals surface area (Å²) in [6.45, 7) is 2.04. The van der Waals surface area contributed by atoms with Crippen molar-refractivity contribution in [2.24, 2.45) is 0 Å². The molecule has 2 aromatic heterocycles. The monoisotopic (exact) mass is 295 g/mol. The molecule has 1 N–H and O–H groups in total. The molecule has 1 aromatic carbocycles. The molecule has 4 rings (SSSR count).